The van der Waals surface area contributed by atoms with Crippen LogP contribution >= 0.6 is 0 Å². The van der Waals surface area contributed by atoms with Crippen LogP contribution in [-0.4, -0.2) is 19.1 Å². The Hall–Kier alpha value is -2.13. The topological polar surface area (TPSA) is 38.3 Å². The van der Waals surface area contributed by atoms with Crippen molar-refractivity contribution in [3.05, 3.63) is 71.8 Å². The predicted octanol–water partition coefficient (Wildman–Crippen LogP) is 3.73. The van der Waals surface area contributed by atoms with Gasteiger partial charge in [0.25, 0.3) is 0 Å². The maximum Gasteiger partial charge on any atom is 0.322 e. The number of carbonyl (C=O) groups excluding carboxylic acids is 1. The molecule has 3 nitrogen and oxygen atoms in total. The summed E-state index contributed by atoms with van der Waals surface area (Å²) in [4.78, 5) is 11.9. The number of hydrogen-bond donors (Lipinski definition) is 1. The standard InChI is InChI=1S/C20H25NO2/c1-23-20(22)19(21-16-18-13-6-3-7-14-18)15-9-8-12-17-10-4-2-5-11-17/h2-7,10-11,13-14,19,21H,8-9,12,15-16H2,1H3/t19-/m1/s1. The van der Waals surface area contributed by atoms with E-state index in [2.05, 4.69) is 41.7 Å². The Balaban J connectivity index is 1.76. The Kier molecular flexibility index (Phi) is 7.34. The molecule has 0 spiro atoms. The van der Waals surface area contributed by atoms with Crippen molar-refractivity contribution in [3.63, 3.8) is 0 Å². The number of ether oxygens (including phenoxy) is 1. The summed E-state index contributed by atoms with van der Waals surface area (Å²) in [7, 11) is 1.45. The maximum absolute atomic E-state index is 11.9. The number of methoxy groups -OCH3 is 1. The van der Waals surface area contributed by atoms with Crippen molar-refractivity contribution in [2.75, 3.05) is 7.11 Å². The number of carbonyl (C=O) groups is 1. The molecule has 0 bridgehead atoms. The SMILES string of the molecule is COC(=O)[C@@H](CCCCc1ccccc1)NCc1ccccc1. The molecule has 2 rings (SSSR count). The van der Waals surface area contributed by atoms with Gasteiger partial charge in [-0.25, -0.2) is 0 Å². The summed E-state index contributed by atoms with van der Waals surface area (Å²) in [5, 5.41) is 3.31. The second kappa shape index (κ2) is 9.80. The predicted molar refractivity (Wildman–Crippen MR) is 93.1 cm³/mol. The fourth-order valence-corrected chi connectivity index (χ4v) is 2.60. The van der Waals surface area contributed by atoms with Gasteiger partial charge >= 0.3 is 5.97 Å². The quantitative estimate of drug-likeness (QED) is 0.566. The van der Waals surface area contributed by atoms with E-state index < -0.39 is 0 Å². The molecular formula is C20H25NO2. The molecule has 0 saturated heterocycles. The van der Waals surface area contributed by atoms with Crippen molar-refractivity contribution in [3.8, 4) is 0 Å². The third-order valence-electron chi connectivity index (χ3n) is 3.93. The van der Waals surface area contributed by atoms with Crippen molar-refractivity contribution < 1.29 is 9.53 Å². The van der Waals surface area contributed by atoms with E-state index in [4.69, 9.17) is 4.74 Å². The van der Waals surface area contributed by atoms with Crippen molar-refractivity contribution >= 4 is 5.97 Å². The van der Waals surface area contributed by atoms with Crippen LogP contribution in [0.3, 0.4) is 0 Å². The summed E-state index contributed by atoms with van der Waals surface area (Å²) >= 11 is 0. The number of rotatable bonds is 9. The van der Waals surface area contributed by atoms with Gasteiger partial charge in [-0.2, -0.15) is 0 Å². The maximum atomic E-state index is 11.9. The van der Waals surface area contributed by atoms with Crippen LogP contribution in [0, 0.1) is 0 Å². The molecule has 2 aromatic rings. The number of aryl methyl sites for hydroxylation is 1. The second-order valence-electron chi connectivity index (χ2n) is 5.67. The van der Waals surface area contributed by atoms with E-state index in [0.717, 1.165) is 25.7 Å². The highest BCUT2D eigenvalue weighted by Crippen LogP contribution is 2.09. The zero-order chi connectivity index (χ0) is 16.3. The molecule has 0 saturated carbocycles. The van der Waals surface area contributed by atoms with Gasteiger partial charge in [-0.3, -0.25) is 4.79 Å². The van der Waals surface area contributed by atoms with Gasteiger partial charge in [-0.05, 0) is 30.4 Å². The van der Waals surface area contributed by atoms with Gasteiger partial charge in [-0.1, -0.05) is 67.1 Å². The highest BCUT2D eigenvalue weighted by atomic mass is 16.5. The summed E-state index contributed by atoms with van der Waals surface area (Å²) < 4.78 is 4.91. The summed E-state index contributed by atoms with van der Waals surface area (Å²) in [6.45, 7) is 0.680. The van der Waals surface area contributed by atoms with Crippen molar-refractivity contribution in [2.24, 2.45) is 0 Å². The highest BCUT2D eigenvalue weighted by molar-refractivity contribution is 5.75. The van der Waals surface area contributed by atoms with Gasteiger partial charge in [0.15, 0.2) is 0 Å². The zero-order valence-electron chi connectivity index (χ0n) is 13.7. The lowest BCUT2D eigenvalue weighted by Crippen LogP contribution is -2.37. The summed E-state index contributed by atoms with van der Waals surface area (Å²) in [6.07, 6.45) is 3.92. The highest BCUT2D eigenvalue weighted by Gasteiger charge is 2.17. The number of esters is 1. The Morgan fingerprint density at radius 2 is 1.57 bits per heavy atom. The van der Waals surface area contributed by atoms with Gasteiger partial charge in [0.05, 0.1) is 7.11 Å². The third kappa shape index (κ3) is 6.25. The number of benzene rings is 2. The molecule has 3 heteroatoms. The van der Waals surface area contributed by atoms with Gasteiger partial charge in [-0.15, -0.1) is 0 Å². The minimum Gasteiger partial charge on any atom is -0.468 e. The molecule has 0 fully saturated rings. The molecule has 0 aliphatic carbocycles. The van der Waals surface area contributed by atoms with Gasteiger partial charge < -0.3 is 10.1 Å². The van der Waals surface area contributed by atoms with Crippen LogP contribution in [0.5, 0.6) is 0 Å². The molecule has 0 radical (unpaired) electrons. The van der Waals surface area contributed by atoms with Crippen LogP contribution < -0.4 is 5.32 Å². The first kappa shape index (κ1) is 17.2. The van der Waals surface area contributed by atoms with Crippen LogP contribution in [-0.2, 0) is 22.5 Å². The minimum atomic E-state index is -0.240. The molecule has 0 aliphatic heterocycles. The van der Waals surface area contributed by atoms with Crippen LogP contribution in [0.25, 0.3) is 0 Å². The molecule has 0 unspecified atom stereocenters. The lowest BCUT2D eigenvalue weighted by atomic mass is 10.0. The third-order valence-corrected chi connectivity index (χ3v) is 3.93. The minimum absolute atomic E-state index is 0.180. The Morgan fingerprint density at radius 1 is 0.957 bits per heavy atom. The molecule has 2 aromatic carbocycles. The van der Waals surface area contributed by atoms with Crippen LogP contribution in [0.15, 0.2) is 60.7 Å². The van der Waals surface area contributed by atoms with Gasteiger partial charge in [0.2, 0.25) is 0 Å². The molecule has 122 valence electrons. The fourth-order valence-electron chi connectivity index (χ4n) is 2.60. The second-order valence-corrected chi connectivity index (χ2v) is 5.67. The lowest BCUT2D eigenvalue weighted by Gasteiger charge is -2.16. The summed E-state index contributed by atoms with van der Waals surface area (Å²) in [6, 6.07) is 20.3. The van der Waals surface area contributed by atoms with Gasteiger partial charge in [0.1, 0.15) is 6.04 Å². The number of hydrogen-bond acceptors (Lipinski definition) is 3. The molecule has 1 N–H and O–H groups in total. The van der Waals surface area contributed by atoms with Gasteiger partial charge in [0, 0.05) is 6.54 Å². The zero-order valence-corrected chi connectivity index (χ0v) is 13.7. The van der Waals surface area contributed by atoms with E-state index in [1.165, 1.54) is 18.2 Å². The van der Waals surface area contributed by atoms with Crippen LogP contribution in [0.1, 0.15) is 30.4 Å². The van der Waals surface area contributed by atoms with E-state index in [9.17, 15) is 4.79 Å². The van der Waals surface area contributed by atoms with E-state index in [1.807, 2.05) is 24.3 Å². The first-order chi connectivity index (χ1) is 11.3. The lowest BCUT2D eigenvalue weighted by molar-refractivity contribution is -0.143. The average Bonchev–Trinajstić information content (AvgIpc) is 2.62. The van der Waals surface area contributed by atoms with Crippen molar-refractivity contribution in [1.29, 1.82) is 0 Å². The molecule has 0 heterocycles. The Bertz CT molecular complexity index is 569. The normalized spacial score (nSPS) is 11.9. The van der Waals surface area contributed by atoms with Crippen molar-refractivity contribution in [2.45, 2.75) is 38.3 Å². The van der Waals surface area contributed by atoms with E-state index in [1.54, 1.807) is 0 Å². The van der Waals surface area contributed by atoms with Crippen LogP contribution in [0.2, 0.25) is 0 Å². The summed E-state index contributed by atoms with van der Waals surface area (Å²) in [5.41, 5.74) is 2.52. The Morgan fingerprint density at radius 3 is 2.17 bits per heavy atom. The average molecular weight is 311 g/mol. The summed E-state index contributed by atoms with van der Waals surface area (Å²) in [5.74, 6) is -0.180. The molecule has 0 aliphatic rings. The largest absolute Gasteiger partial charge is 0.468 e. The van der Waals surface area contributed by atoms with E-state index >= 15 is 0 Å². The molecule has 1 atom stereocenters. The van der Waals surface area contributed by atoms with Crippen molar-refractivity contribution in [1.82, 2.24) is 5.32 Å². The van der Waals surface area contributed by atoms with E-state index in [-0.39, 0.29) is 12.0 Å². The first-order valence-electron chi connectivity index (χ1n) is 8.18. The molecule has 0 aromatic heterocycles. The van der Waals surface area contributed by atoms with Crippen LogP contribution in [0.4, 0.5) is 0 Å². The number of nitrogens with one attached hydrogen (secondary N) is 1. The molecule has 0 amide bonds. The smallest absolute Gasteiger partial charge is 0.322 e. The Labute approximate surface area is 138 Å². The fraction of sp³-hybridized carbons (Fsp3) is 0.350. The van der Waals surface area contributed by atoms with E-state index in [0.29, 0.717) is 6.54 Å². The first-order valence-corrected chi connectivity index (χ1v) is 8.18. The number of unbranched alkanes of at least 4 members (excludes halogenated alkanes) is 1. The molecular weight excluding hydrogens is 286 g/mol. The molecule has 23 heavy (non-hydrogen) atoms. The monoisotopic (exact) mass is 311 g/mol.